The van der Waals surface area contributed by atoms with Gasteiger partial charge in [0.15, 0.2) is 0 Å². The summed E-state index contributed by atoms with van der Waals surface area (Å²) >= 11 is 0. The fraction of sp³-hybridized carbons (Fsp3) is 0.632. The molecule has 1 fully saturated rings. The normalized spacial score (nSPS) is 21.1. The molecule has 0 heterocycles. The smallest absolute Gasteiger partial charge is 0.225 e. The van der Waals surface area contributed by atoms with Crippen molar-refractivity contribution in [2.24, 2.45) is 11.7 Å². The molecule has 1 amide bonds. The van der Waals surface area contributed by atoms with Gasteiger partial charge >= 0.3 is 0 Å². The quantitative estimate of drug-likeness (QED) is 0.801. The van der Waals surface area contributed by atoms with E-state index in [-0.39, 0.29) is 17.9 Å². The number of hydrogen-bond acceptors (Lipinski definition) is 3. The van der Waals surface area contributed by atoms with Crippen LogP contribution in [0, 0.1) is 5.92 Å². The fourth-order valence-corrected chi connectivity index (χ4v) is 3.36. The summed E-state index contributed by atoms with van der Waals surface area (Å²) < 4.78 is 5.18. The molecule has 1 aromatic rings. The molecule has 0 aromatic heterocycles. The zero-order valence-electron chi connectivity index (χ0n) is 14.2. The first-order valence-electron chi connectivity index (χ1n) is 8.78. The maximum absolute atomic E-state index is 12.8. The zero-order chi connectivity index (χ0) is 16.5. The van der Waals surface area contributed by atoms with Crippen molar-refractivity contribution in [3.05, 3.63) is 35.9 Å². The minimum absolute atomic E-state index is 0.104. The van der Waals surface area contributed by atoms with Crippen LogP contribution in [0.2, 0.25) is 0 Å². The van der Waals surface area contributed by atoms with Gasteiger partial charge in [-0.1, -0.05) is 36.8 Å². The maximum Gasteiger partial charge on any atom is 0.225 e. The van der Waals surface area contributed by atoms with E-state index in [9.17, 15) is 4.79 Å². The van der Waals surface area contributed by atoms with E-state index < -0.39 is 0 Å². The van der Waals surface area contributed by atoms with Crippen LogP contribution in [0.3, 0.4) is 0 Å². The highest BCUT2D eigenvalue weighted by Gasteiger charge is 2.28. The summed E-state index contributed by atoms with van der Waals surface area (Å²) in [6.45, 7) is 2.06. The second kappa shape index (κ2) is 9.68. The number of rotatable bonds is 8. The maximum atomic E-state index is 12.8. The van der Waals surface area contributed by atoms with Crippen molar-refractivity contribution in [3.8, 4) is 0 Å². The number of carbonyl (C=O) groups is 1. The summed E-state index contributed by atoms with van der Waals surface area (Å²) in [5.41, 5.74) is 7.37. The molecule has 128 valence electrons. The molecule has 2 unspecified atom stereocenters. The Bertz CT molecular complexity index is 464. The Morgan fingerprint density at radius 3 is 2.74 bits per heavy atom. The Kier molecular flexibility index (Phi) is 7.56. The Hall–Kier alpha value is -1.39. The highest BCUT2D eigenvalue weighted by atomic mass is 16.5. The first-order valence-corrected chi connectivity index (χ1v) is 8.78. The summed E-state index contributed by atoms with van der Waals surface area (Å²) in [7, 11) is 1.68. The van der Waals surface area contributed by atoms with E-state index in [1.165, 1.54) is 5.56 Å². The molecule has 1 saturated carbocycles. The number of carbonyl (C=O) groups excluding carboxylic acids is 1. The molecule has 2 rings (SSSR count). The molecule has 23 heavy (non-hydrogen) atoms. The molecule has 1 aliphatic rings. The molecular formula is C19H30N2O2. The first kappa shape index (κ1) is 18.0. The van der Waals surface area contributed by atoms with Gasteiger partial charge in [-0.25, -0.2) is 0 Å². The van der Waals surface area contributed by atoms with Gasteiger partial charge in [0.25, 0.3) is 0 Å². The standard InChI is InChI=1S/C19H30N2O2/c1-23-14-13-21(12-6-9-16-7-3-2-4-8-16)19(22)17-10-5-11-18(20)15-17/h2-4,7-8,17-18H,5-6,9-15,20H2,1H3. The third-order valence-electron chi connectivity index (χ3n) is 4.68. The molecule has 0 spiro atoms. The van der Waals surface area contributed by atoms with Crippen LogP contribution < -0.4 is 5.73 Å². The average molecular weight is 318 g/mol. The van der Waals surface area contributed by atoms with Crippen LogP contribution in [0.5, 0.6) is 0 Å². The summed E-state index contributed by atoms with van der Waals surface area (Å²) in [4.78, 5) is 14.8. The molecular weight excluding hydrogens is 288 g/mol. The summed E-state index contributed by atoms with van der Waals surface area (Å²) in [6, 6.07) is 10.6. The van der Waals surface area contributed by atoms with Crippen molar-refractivity contribution in [2.45, 2.75) is 44.6 Å². The molecule has 0 saturated heterocycles. The summed E-state index contributed by atoms with van der Waals surface area (Å²) in [5.74, 6) is 0.373. The van der Waals surface area contributed by atoms with Crippen LogP contribution in [0.15, 0.2) is 30.3 Å². The first-order chi connectivity index (χ1) is 11.2. The second-order valence-corrected chi connectivity index (χ2v) is 6.53. The van der Waals surface area contributed by atoms with Crippen LogP contribution in [-0.4, -0.2) is 43.7 Å². The highest BCUT2D eigenvalue weighted by molar-refractivity contribution is 5.79. The highest BCUT2D eigenvalue weighted by Crippen LogP contribution is 2.25. The monoisotopic (exact) mass is 318 g/mol. The van der Waals surface area contributed by atoms with E-state index in [0.29, 0.717) is 13.2 Å². The minimum Gasteiger partial charge on any atom is -0.383 e. The van der Waals surface area contributed by atoms with Gasteiger partial charge < -0.3 is 15.4 Å². The van der Waals surface area contributed by atoms with Gasteiger partial charge in [-0.05, 0) is 37.7 Å². The van der Waals surface area contributed by atoms with E-state index in [4.69, 9.17) is 10.5 Å². The molecule has 4 heteroatoms. The van der Waals surface area contributed by atoms with Crippen LogP contribution in [0.1, 0.15) is 37.7 Å². The van der Waals surface area contributed by atoms with Crippen molar-refractivity contribution in [1.82, 2.24) is 4.90 Å². The van der Waals surface area contributed by atoms with Gasteiger partial charge in [0.1, 0.15) is 0 Å². The zero-order valence-corrected chi connectivity index (χ0v) is 14.2. The fourth-order valence-electron chi connectivity index (χ4n) is 3.36. The van der Waals surface area contributed by atoms with Crippen LogP contribution >= 0.6 is 0 Å². The lowest BCUT2D eigenvalue weighted by molar-refractivity contribution is -0.137. The lowest BCUT2D eigenvalue weighted by Gasteiger charge is -2.31. The Morgan fingerprint density at radius 1 is 1.26 bits per heavy atom. The molecule has 1 aromatic carbocycles. The Balaban J connectivity index is 1.86. The van der Waals surface area contributed by atoms with Gasteiger partial charge in [0.2, 0.25) is 5.91 Å². The van der Waals surface area contributed by atoms with Crippen molar-refractivity contribution in [3.63, 3.8) is 0 Å². The van der Waals surface area contributed by atoms with Crippen molar-refractivity contribution >= 4 is 5.91 Å². The summed E-state index contributed by atoms with van der Waals surface area (Å²) in [5, 5.41) is 0. The molecule has 2 N–H and O–H groups in total. The van der Waals surface area contributed by atoms with Gasteiger partial charge in [0.05, 0.1) is 6.61 Å². The number of aryl methyl sites for hydroxylation is 1. The number of methoxy groups -OCH3 is 1. The van der Waals surface area contributed by atoms with E-state index in [2.05, 4.69) is 24.3 Å². The number of nitrogens with two attached hydrogens (primary N) is 1. The number of ether oxygens (including phenoxy) is 1. The SMILES string of the molecule is COCCN(CCCc1ccccc1)C(=O)C1CCCC(N)C1. The predicted octanol–water partition coefficient (Wildman–Crippen LogP) is 2.61. The minimum atomic E-state index is 0.104. The van der Waals surface area contributed by atoms with Gasteiger partial charge in [-0.2, -0.15) is 0 Å². The number of hydrogen-bond donors (Lipinski definition) is 1. The lowest BCUT2D eigenvalue weighted by atomic mass is 9.85. The van der Waals surface area contributed by atoms with E-state index in [0.717, 1.165) is 45.1 Å². The van der Waals surface area contributed by atoms with Gasteiger partial charge in [-0.15, -0.1) is 0 Å². The molecule has 0 bridgehead atoms. The number of amides is 1. The largest absolute Gasteiger partial charge is 0.383 e. The van der Waals surface area contributed by atoms with E-state index in [1.54, 1.807) is 7.11 Å². The Labute approximate surface area is 140 Å². The van der Waals surface area contributed by atoms with Crippen molar-refractivity contribution in [2.75, 3.05) is 26.8 Å². The van der Waals surface area contributed by atoms with Crippen molar-refractivity contribution in [1.29, 1.82) is 0 Å². The topological polar surface area (TPSA) is 55.6 Å². The van der Waals surface area contributed by atoms with E-state index >= 15 is 0 Å². The van der Waals surface area contributed by atoms with Crippen LogP contribution in [-0.2, 0) is 16.0 Å². The third-order valence-corrected chi connectivity index (χ3v) is 4.68. The van der Waals surface area contributed by atoms with Crippen LogP contribution in [0.25, 0.3) is 0 Å². The van der Waals surface area contributed by atoms with Gasteiger partial charge in [-0.3, -0.25) is 4.79 Å². The third kappa shape index (κ3) is 5.96. The molecule has 0 aliphatic heterocycles. The molecule has 4 nitrogen and oxygen atoms in total. The molecule has 2 atom stereocenters. The summed E-state index contributed by atoms with van der Waals surface area (Å²) in [6.07, 6.45) is 5.92. The lowest BCUT2D eigenvalue weighted by Crippen LogP contribution is -2.42. The molecule has 0 radical (unpaired) electrons. The predicted molar refractivity (Wildman–Crippen MR) is 93.2 cm³/mol. The number of benzene rings is 1. The van der Waals surface area contributed by atoms with Gasteiger partial charge in [0, 0.05) is 32.2 Å². The molecule has 1 aliphatic carbocycles. The van der Waals surface area contributed by atoms with Crippen LogP contribution in [0.4, 0.5) is 0 Å². The van der Waals surface area contributed by atoms with Crippen molar-refractivity contribution < 1.29 is 9.53 Å². The average Bonchev–Trinajstić information content (AvgIpc) is 2.58. The van der Waals surface area contributed by atoms with E-state index in [1.807, 2.05) is 11.0 Å². The second-order valence-electron chi connectivity index (χ2n) is 6.53. The Morgan fingerprint density at radius 2 is 2.04 bits per heavy atom. The number of nitrogens with zero attached hydrogens (tertiary/aromatic N) is 1.